The van der Waals surface area contributed by atoms with E-state index in [0.717, 1.165) is 17.6 Å². The van der Waals surface area contributed by atoms with Gasteiger partial charge in [-0.25, -0.2) is 9.98 Å². The van der Waals surface area contributed by atoms with Crippen LogP contribution in [0.2, 0.25) is 0 Å². The number of hydrogen-bond donors (Lipinski definition) is 2. The molecule has 0 aliphatic rings. The molecule has 0 bridgehead atoms. The third-order valence-electron chi connectivity index (χ3n) is 3.06. The third kappa shape index (κ3) is 7.92. The number of nitrogens with zero attached hydrogens (tertiary/aromatic N) is 3. The van der Waals surface area contributed by atoms with Crippen molar-refractivity contribution in [2.24, 2.45) is 10.9 Å². The molecule has 0 amide bonds. The minimum absolute atomic E-state index is 0.0842. The van der Waals surface area contributed by atoms with Crippen molar-refractivity contribution in [1.82, 2.24) is 20.2 Å². The van der Waals surface area contributed by atoms with Gasteiger partial charge in [0.25, 0.3) is 0 Å². The first-order valence-corrected chi connectivity index (χ1v) is 7.94. The molecule has 8 heteroatoms. The van der Waals surface area contributed by atoms with Gasteiger partial charge >= 0.3 is 6.55 Å². The quantitative estimate of drug-likeness (QED) is 0.393. The Morgan fingerprint density at radius 3 is 2.78 bits per heavy atom. The van der Waals surface area contributed by atoms with Crippen LogP contribution in [0.5, 0.6) is 0 Å². The molecule has 0 fully saturated rings. The molecule has 2 N–H and O–H groups in total. The predicted octanol–water partition coefficient (Wildman–Crippen LogP) is 2.40. The van der Waals surface area contributed by atoms with Gasteiger partial charge in [0, 0.05) is 32.1 Å². The van der Waals surface area contributed by atoms with Crippen LogP contribution in [0.4, 0.5) is 8.78 Å². The fraction of sp³-hybridized carbons (Fsp3) is 0.733. The number of alkyl halides is 2. The molecular weight excluding hydrogens is 304 g/mol. The summed E-state index contributed by atoms with van der Waals surface area (Å²) in [5.41, 5.74) is 0. The summed E-state index contributed by atoms with van der Waals surface area (Å²) in [7, 11) is 0. The average Bonchev–Trinajstić information content (AvgIpc) is 2.96. The number of ether oxygens (including phenoxy) is 1. The van der Waals surface area contributed by atoms with E-state index in [0.29, 0.717) is 31.6 Å². The fourth-order valence-corrected chi connectivity index (χ4v) is 1.80. The van der Waals surface area contributed by atoms with Gasteiger partial charge in [-0.05, 0) is 19.3 Å². The highest BCUT2D eigenvalue weighted by atomic mass is 19.3. The van der Waals surface area contributed by atoms with E-state index in [2.05, 4.69) is 34.5 Å². The van der Waals surface area contributed by atoms with Crippen molar-refractivity contribution in [1.29, 1.82) is 0 Å². The SMILES string of the molecule is CCNC(=NCc1nccn1C(F)F)NCCOCCC(C)C. The molecular formula is C15H27F2N5O. The standard InChI is InChI=1S/C15H27F2N5O/c1-4-18-15(20-7-10-23-9-5-12(2)3)21-11-13-19-6-8-22(13)14(16)17/h6,8,12,14H,4-5,7,9-11H2,1-3H3,(H2,18,20,21). The molecule has 0 aliphatic heterocycles. The van der Waals surface area contributed by atoms with Gasteiger partial charge in [-0.15, -0.1) is 0 Å². The molecule has 0 spiro atoms. The monoisotopic (exact) mass is 331 g/mol. The summed E-state index contributed by atoms with van der Waals surface area (Å²) in [4.78, 5) is 8.17. The lowest BCUT2D eigenvalue weighted by Gasteiger charge is -2.12. The number of aliphatic imine (C=N–C) groups is 1. The van der Waals surface area contributed by atoms with Crippen LogP contribution in [-0.4, -0.2) is 41.8 Å². The van der Waals surface area contributed by atoms with Gasteiger partial charge < -0.3 is 15.4 Å². The second-order valence-electron chi connectivity index (χ2n) is 5.45. The molecule has 0 aliphatic carbocycles. The van der Waals surface area contributed by atoms with Crippen molar-refractivity contribution in [2.45, 2.75) is 40.3 Å². The molecule has 0 saturated heterocycles. The van der Waals surface area contributed by atoms with Crippen LogP contribution in [0.1, 0.15) is 39.6 Å². The Hall–Kier alpha value is -1.70. The maximum absolute atomic E-state index is 12.7. The average molecular weight is 331 g/mol. The van der Waals surface area contributed by atoms with Crippen LogP contribution in [-0.2, 0) is 11.3 Å². The molecule has 0 aromatic carbocycles. The summed E-state index contributed by atoms with van der Waals surface area (Å²) in [6.45, 7) is 6.32. The van der Waals surface area contributed by atoms with Crippen molar-refractivity contribution in [3.05, 3.63) is 18.2 Å². The second-order valence-corrected chi connectivity index (χ2v) is 5.45. The van der Waals surface area contributed by atoms with Gasteiger partial charge in [-0.2, -0.15) is 8.78 Å². The zero-order valence-corrected chi connectivity index (χ0v) is 14.1. The smallest absolute Gasteiger partial charge is 0.319 e. The minimum atomic E-state index is -2.60. The summed E-state index contributed by atoms with van der Waals surface area (Å²) in [5.74, 6) is 1.41. The largest absolute Gasteiger partial charge is 0.380 e. The zero-order valence-electron chi connectivity index (χ0n) is 14.1. The van der Waals surface area contributed by atoms with Crippen LogP contribution in [0, 0.1) is 5.92 Å². The summed E-state index contributed by atoms with van der Waals surface area (Å²) in [6, 6.07) is 0. The molecule has 0 saturated carbocycles. The van der Waals surface area contributed by atoms with E-state index in [1.165, 1.54) is 12.4 Å². The lowest BCUT2D eigenvalue weighted by Crippen LogP contribution is -2.39. The molecule has 1 aromatic heterocycles. The lowest BCUT2D eigenvalue weighted by atomic mass is 10.1. The maximum Gasteiger partial charge on any atom is 0.319 e. The topological polar surface area (TPSA) is 63.5 Å². The lowest BCUT2D eigenvalue weighted by molar-refractivity contribution is 0.0671. The Morgan fingerprint density at radius 1 is 1.35 bits per heavy atom. The maximum atomic E-state index is 12.7. The van der Waals surface area contributed by atoms with Crippen molar-refractivity contribution in [3.8, 4) is 0 Å². The van der Waals surface area contributed by atoms with Gasteiger partial charge in [-0.1, -0.05) is 13.8 Å². The molecule has 0 atom stereocenters. The van der Waals surface area contributed by atoms with Crippen LogP contribution in [0.3, 0.4) is 0 Å². The molecule has 132 valence electrons. The molecule has 1 heterocycles. The van der Waals surface area contributed by atoms with Crippen molar-refractivity contribution in [2.75, 3.05) is 26.3 Å². The van der Waals surface area contributed by atoms with E-state index in [4.69, 9.17) is 4.74 Å². The molecule has 1 aromatic rings. The fourth-order valence-electron chi connectivity index (χ4n) is 1.80. The number of imidazole rings is 1. The number of hydrogen-bond acceptors (Lipinski definition) is 3. The van der Waals surface area contributed by atoms with Crippen LogP contribution in [0.15, 0.2) is 17.4 Å². The highest BCUT2D eigenvalue weighted by Gasteiger charge is 2.10. The minimum Gasteiger partial charge on any atom is -0.380 e. The first kappa shape index (κ1) is 19.3. The first-order valence-electron chi connectivity index (χ1n) is 7.94. The summed E-state index contributed by atoms with van der Waals surface area (Å²) in [6.07, 6.45) is 3.63. The van der Waals surface area contributed by atoms with E-state index >= 15 is 0 Å². The third-order valence-corrected chi connectivity index (χ3v) is 3.06. The van der Waals surface area contributed by atoms with E-state index in [9.17, 15) is 8.78 Å². The van der Waals surface area contributed by atoms with E-state index in [1.807, 2.05) is 6.92 Å². The van der Waals surface area contributed by atoms with Crippen molar-refractivity contribution in [3.63, 3.8) is 0 Å². The molecule has 0 radical (unpaired) electrons. The number of aromatic nitrogens is 2. The number of rotatable bonds is 10. The Labute approximate surface area is 136 Å². The van der Waals surface area contributed by atoms with Gasteiger partial charge in [0.05, 0.1) is 6.61 Å². The zero-order chi connectivity index (χ0) is 17.1. The van der Waals surface area contributed by atoms with Crippen LogP contribution < -0.4 is 10.6 Å². The van der Waals surface area contributed by atoms with Gasteiger partial charge in [0.15, 0.2) is 5.96 Å². The van der Waals surface area contributed by atoms with E-state index in [1.54, 1.807) is 0 Å². The molecule has 23 heavy (non-hydrogen) atoms. The molecule has 6 nitrogen and oxygen atoms in total. The Balaban J connectivity index is 2.39. The summed E-state index contributed by atoms with van der Waals surface area (Å²) in [5, 5.41) is 6.17. The highest BCUT2D eigenvalue weighted by molar-refractivity contribution is 5.79. The van der Waals surface area contributed by atoms with Crippen molar-refractivity contribution < 1.29 is 13.5 Å². The number of nitrogens with one attached hydrogen (secondary N) is 2. The van der Waals surface area contributed by atoms with Crippen molar-refractivity contribution >= 4 is 5.96 Å². The van der Waals surface area contributed by atoms with Gasteiger partial charge in [0.1, 0.15) is 12.4 Å². The van der Waals surface area contributed by atoms with E-state index < -0.39 is 6.55 Å². The highest BCUT2D eigenvalue weighted by Crippen LogP contribution is 2.12. The van der Waals surface area contributed by atoms with Crippen LogP contribution >= 0.6 is 0 Å². The second kappa shape index (κ2) is 10.9. The molecule has 0 unspecified atom stereocenters. The van der Waals surface area contributed by atoms with Gasteiger partial charge in [-0.3, -0.25) is 4.57 Å². The normalized spacial score (nSPS) is 12.2. The molecule has 1 rings (SSSR count). The summed E-state index contributed by atoms with van der Waals surface area (Å²) >= 11 is 0. The van der Waals surface area contributed by atoms with E-state index in [-0.39, 0.29) is 12.4 Å². The van der Waals surface area contributed by atoms with Crippen LogP contribution in [0.25, 0.3) is 0 Å². The van der Waals surface area contributed by atoms with Gasteiger partial charge in [0.2, 0.25) is 0 Å². The Bertz CT molecular complexity index is 462. The Morgan fingerprint density at radius 2 is 2.13 bits per heavy atom. The first-order chi connectivity index (χ1) is 11.0. The Kier molecular flexibility index (Phi) is 9.20. The predicted molar refractivity (Wildman–Crippen MR) is 86.6 cm³/mol. The number of halogens is 2. The number of guanidine groups is 1. The summed E-state index contributed by atoms with van der Waals surface area (Å²) < 4.78 is 31.8.